The fourth-order valence-electron chi connectivity index (χ4n) is 2.82. The number of amides is 1. The third kappa shape index (κ3) is 5.43. The van der Waals surface area contributed by atoms with Crippen molar-refractivity contribution in [1.82, 2.24) is 9.62 Å². The molecule has 0 spiro atoms. The molecule has 2 unspecified atom stereocenters. The van der Waals surface area contributed by atoms with Crippen LogP contribution in [0.5, 0.6) is 0 Å². The van der Waals surface area contributed by atoms with Crippen LogP contribution in [0.3, 0.4) is 0 Å². The van der Waals surface area contributed by atoms with E-state index in [4.69, 9.17) is 4.74 Å². The van der Waals surface area contributed by atoms with E-state index in [1.54, 1.807) is 13.8 Å². The monoisotopic (exact) mass is 416 g/mol. The van der Waals surface area contributed by atoms with E-state index in [9.17, 15) is 33.4 Å². The molecular weight excluding hydrogens is 396 g/mol. The maximum Gasteiger partial charge on any atom is 0.277 e. The first-order chi connectivity index (χ1) is 13.0. The second kappa shape index (κ2) is 8.58. The molecule has 1 aromatic carbocycles. The molecule has 1 heterocycles. The van der Waals surface area contributed by atoms with Gasteiger partial charge in [0.1, 0.15) is 0 Å². The van der Waals surface area contributed by atoms with E-state index in [2.05, 4.69) is 5.32 Å². The van der Waals surface area contributed by atoms with Gasteiger partial charge in [0.15, 0.2) is 0 Å². The lowest BCUT2D eigenvalue weighted by Crippen LogP contribution is -2.49. The highest BCUT2D eigenvalue weighted by Gasteiger charge is 2.30. The molecule has 13 heteroatoms. The fourth-order valence-corrected chi connectivity index (χ4v) is 4.31. The SMILES string of the molecule is CC1CN(S(=O)(=O)CCNC(=O)c2cc([N+](=O)[O-])cc([N+](=O)[O-])c2)CC(C)O1. The minimum Gasteiger partial charge on any atom is -0.373 e. The Bertz CT molecular complexity index is 846. The number of sulfonamides is 1. The molecule has 12 nitrogen and oxygen atoms in total. The smallest absolute Gasteiger partial charge is 0.277 e. The van der Waals surface area contributed by atoms with Crippen molar-refractivity contribution in [1.29, 1.82) is 0 Å². The van der Waals surface area contributed by atoms with Crippen LogP contribution < -0.4 is 5.32 Å². The molecule has 1 saturated heterocycles. The van der Waals surface area contributed by atoms with Crippen LogP contribution in [-0.2, 0) is 14.8 Å². The summed E-state index contributed by atoms with van der Waals surface area (Å²) in [5.41, 5.74) is -1.52. The lowest BCUT2D eigenvalue weighted by molar-refractivity contribution is -0.394. The van der Waals surface area contributed by atoms with Crippen LogP contribution in [0.1, 0.15) is 24.2 Å². The van der Waals surface area contributed by atoms with Gasteiger partial charge < -0.3 is 10.1 Å². The molecule has 1 aliphatic heterocycles. The van der Waals surface area contributed by atoms with Gasteiger partial charge in [-0.3, -0.25) is 25.0 Å². The van der Waals surface area contributed by atoms with Crippen LogP contribution in [0.4, 0.5) is 11.4 Å². The molecule has 1 fully saturated rings. The summed E-state index contributed by atoms with van der Waals surface area (Å²) in [4.78, 5) is 32.2. The highest BCUT2D eigenvalue weighted by molar-refractivity contribution is 7.89. The van der Waals surface area contributed by atoms with Gasteiger partial charge in [0.25, 0.3) is 17.3 Å². The molecule has 28 heavy (non-hydrogen) atoms. The van der Waals surface area contributed by atoms with Crippen LogP contribution in [-0.4, -0.2) is 66.1 Å². The number of nitro benzene ring substituents is 2. The van der Waals surface area contributed by atoms with Gasteiger partial charge in [0, 0.05) is 31.8 Å². The highest BCUT2D eigenvalue weighted by atomic mass is 32.2. The number of hydrogen-bond donors (Lipinski definition) is 1. The summed E-state index contributed by atoms with van der Waals surface area (Å²) < 4.78 is 31.6. The van der Waals surface area contributed by atoms with Crippen molar-refractivity contribution < 1.29 is 27.8 Å². The first-order valence-electron chi connectivity index (χ1n) is 8.35. The van der Waals surface area contributed by atoms with Crippen LogP contribution in [0.2, 0.25) is 0 Å². The van der Waals surface area contributed by atoms with E-state index >= 15 is 0 Å². The largest absolute Gasteiger partial charge is 0.373 e. The molecular formula is C15H20N4O8S. The van der Waals surface area contributed by atoms with Crippen molar-refractivity contribution in [3.05, 3.63) is 44.0 Å². The summed E-state index contributed by atoms with van der Waals surface area (Å²) in [6.45, 7) is 3.68. The van der Waals surface area contributed by atoms with E-state index in [1.165, 1.54) is 4.31 Å². The Morgan fingerprint density at radius 3 is 2.11 bits per heavy atom. The lowest BCUT2D eigenvalue weighted by Gasteiger charge is -2.34. The number of nitro groups is 2. The average molecular weight is 416 g/mol. The number of carbonyl (C=O) groups is 1. The van der Waals surface area contributed by atoms with E-state index < -0.39 is 37.2 Å². The number of nitrogens with zero attached hydrogens (tertiary/aromatic N) is 3. The summed E-state index contributed by atoms with van der Waals surface area (Å²) in [6.07, 6.45) is -0.503. The molecule has 2 atom stereocenters. The zero-order valence-corrected chi connectivity index (χ0v) is 16.0. The number of morpholine rings is 1. The highest BCUT2D eigenvalue weighted by Crippen LogP contribution is 2.22. The molecule has 1 aliphatic rings. The van der Waals surface area contributed by atoms with Crippen molar-refractivity contribution >= 4 is 27.3 Å². The molecule has 0 aromatic heterocycles. The molecule has 0 aliphatic carbocycles. The minimum atomic E-state index is -3.65. The third-order valence-corrected chi connectivity index (χ3v) is 5.82. The second-order valence-electron chi connectivity index (χ2n) is 6.40. The molecule has 2 rings (SSSR count). The first-order valence-corrected chi connectivity index (χ1v) is 9.96. The number of carbonyl (C=O) groups excluding carboxylic acids is 1. The van der Waals surface area contributed by atoms with Gasteiger partial charge in [-0.1, -0.05) is 0 Å². The van der Waals surface area contributed by atoms with E-state index in [0.717, 1.165) is 18.2 Å². The number of benzene rings is 1. The van der Waals surface area contributed by atoms with E-state index in [-0.39, 0.29) is 43.2 Å². The van der Waals surface area contributed by atoms with Gasteiger partial charge in [-0.25, -0.2) is 8.42 Å². The quantitative estimate of drug-likeness (QED) is 0.501. The van der Waals surface area contributed by atoms with Crippen molar-refractivity contribution in [3.8, 4) is 0 Å². The number of ether oxygens (including phenoxy) is 1. The van der Waals surface area contributed by atoms with Crippen molar-refractivity contribution in [3.63, 3.8) is 0 Å². The Labute approximate surface area is 160 Å². The molecule has 154 valence electrons. The zero-order chi connectivity index (χ0) is 21.1. The van der Waals surface area contributed by atoms with Gasteiger partial charge in [0.2, 0.25) is 10.0 Å². The van der Waals surface area contributed by atoms with E-state index in [0.29, 0.717) is 0 Å². The Balaban J connectivity index is 2.04. The van der Waals surface area contributed by atoms with E-state index in [1.807, 2.05) is 0 Å². The summed E-state index contributed by atoms with van der Waals surface area (Å²) in [6, 6.07) is 2.52. The maximum absolute atomic E-state index is 12.4. The van der Waals surface area contributed by atoms with Crippen molar-refractivity contribution in [2.75, 3.05) is 25.4 Å². The first kappa shape index (κ1) is 21.7. The van der Waals surface area contributed by atoms with Gasteiger partial charge >= 0.3 is 0 Å². The normalized spacial score (nSPS) is 20.5. The third-order valence-electron chi connectivity index (χ3n) is 4.01. The zero-order valence-electron chi connectivity index (χ0n) is 15.2. The van der Waals surface area contributed by atoms with Crippen molar-refractivity contribution in [2.24, 2.45) is 0 Å². The summed E-state index contributed by atoms with van der Waals surface area (Å²) in [7, 11) is -3.65. The fraction of sp³-hybridized carbons (Fsp3) is 0.533. The summed E-state index contributed by atoms with van der Waals surface area (Å²) in [5.74, 6) is -1.22. The minimum absolute atomic E-state index is 0.206. The van der Waals surface area contributed by atoms with Crippen molar-refractivity contribution in [2.45, 2.75) is 26.1 Å². The molecule has 1 amide bonds. The number of rotatable bonds is 7. The number of nitrogens with one attached hydrogen (secondary N) is 1. The summed E-state index contributed by atoms with van der Waals surface area (Å²) in [5, 5.41) is 24.1. The predicted octanol–water partition coefficient (Wildman–Crippen LogP) is 0.672. The maximum atomic E-state index is 12.4. The molecule has 1 aromatic rings. The van der Waals surface area contributed by atoms with Gasteiger partial charge in [-0.15, -0.1) is 0 Å². The van der Waals surface area contributed by atoms with Gasteiger partial charge in [-0.2, -0.15) is 4.31 Å². The Kier molecular flexibility index (Phi) is 6.64. The molecule has 0 saturated carbocycles. The Morgan fingerprint density at radius 1 is 1.14 bits per heavy atom. The second-order valence-corrected chi connectivity index (χ2v) is 8.49. The topological polar surface area (TPSA) is 162 Å². The number of hydrogen-bond acceptors (Lipinski definition) is 8. The Morgan fingerprint density at radius 2 is 1.64 bits per heavy atom. The van der Waals surface area contributed by atoms with Gasteiger partial charge in [0.05, 0.1) is 39.4 Å². The van der Waals surface area contributed by atoms with Crippen LogP contribution >= 0.6 is 0 Å². The molecule has 0 bridgehead atoms. The van der Waals surface area contributed by atoms with Crippen LogP contribution in [0.25, 0.3) is 0 Å². The number of non-ortho nitro benzene ring substituents is 2. The van der Waals surface area contributed by atoms with Gasteiger partial charge in [-0.05, 0) is 13.8 Å². The average Bonchev–Trinajstić information content (AvgIpc) is 2.60. The Hall–Kier alpha value is -2.64. The molecule has 0 radical (unpaired) electrons. The summed E-state index contributed by atoms with van der Waals surface area (Å²) >= 11 is 0. The molecule has 1 N–H and O–H groups in total. The standard InChI is InChI=1S/C15H20N4O8S/c1-10-8-17(9-11(2)27-10)28(25,26)4-3-16-15(20)12-5-13(18(21)22)7-14(6-12)19(23)24/h5-7,10-11H,3-4,8-9H2,1-2H3,(H,16,20). The van der Waals surface area contributed by atoms with Crippen LogP contribution in [0, 0.1) is 20.2 Å². The predicted molar refractivity (Wildman–Crippen MR) is 97.5 cm³/mol. The lowest BCUT2D eigenvalue weighted by atomic mass is 10.1. The van der Waals surface area contributed by atoms with Crippen LogP contribution in [0.15, 0.2) is 18.2 Å².